The average molecular weight is 422 g/mol. The van der Waals surface area contributed by atoms with Gasteiger partial charge in [0.25, 0.3) is 11.8 Å². The van der Waals surface area contributed by atoms with E-state index in [-0.39, 0.29) is 12.1 Å². The Morgan fingerprint density at radius 3 is 2.45 bits per heavy atom. The quantitative estimate of drug-likeness (QED) is 0.709. The highest BCUT2D eigenvalue weighted by atomic mass is 32.1. The zero-order chi connectivity index (χ0) is 20.6. The molecule has 5 nitrogen and oxygen atoms in total. The van der Waals surface area contributed by atoms with E-state index < -0.39 is 23.6 Å². The van der Waals surface area contributed by atoms with Crippen molar-refractivity contribution in [3.63, 3.8) is 0 Å². The third kappa shape index (κ3) is 3.79. The second kappa shape index (κ2) is 7.64. The van der Waals surface area contributed by atoms with E-state index in [1.165, 1.54) is 23.5 Å². The van der Waals surface area contributed by atoms with Crippen LogP contribution >= 0.6 is 11.3 Å². The minimum Gasteiger partial charge on any atom is -0.378 e. The first-order chi connectivity index (χ1) is 13.9. The summed E-state index contributed by atoms with van der Waals surface area (Å²) < 4.78 is 44.4. The first-order valence-corrected chi connectivity index (χ1v) is 9.87. The minimum absolute atomic E-state index is 0.218. The first kappa shape index (κ1) is 19.7. The van der Waals surface area contributed by atoms with Crippen LogP contribution in [0.25, 0.3) is 5.57 Å². The summed E-state index contributed by atoms with van der Waals surface area (Å²) in [5, 5.41) is 1.81. The molecule has 29 heavy (non-hydrogen) atoms. The van der Waals surface area contributed by atoms with Crippen molar-refractivity contribution in [2.45, 2.75) is 12.7 Å². The third-order valence-corrected chi connectivity index (χ3v) is 5.72. The van der Waals surface area contributed by atoms with E-state index in [1.54, 1.807) is 12.1 Å². The van der Waals surface area contributed by atoms with Crippen molar-refractivity contribution in [3.05, 3.63) is 63.5 Å². The van der Waals surface area contributed by atoms with E-state index in [2.05, 4.69) is 0 Å². The molecule has 1 saturated heterocycles. The average Bonchev–Trinajstić information content (AvgIpc) is 3.31. The van der Waals surface area contributed by atoms with Crippen LogP contribution in [0.15, 0.2) is 47.5 Å². The van der Waals surface area contributed by atoms with Crippen LogP contribution < -0.4 is 0 Å². The van der Waals surface area contributed by atoms with Gasteiger partial charge in [-0.25, -0.2) is 0 Å². The van der Waals surface area contributed by atoms with Gasteiger partial charge in [0.2, 0.25) is 0 Å². The number of thiophene rings is 1. The molecule has 1 fully saturated rings. The topological polar surface area (TPSA) is 49.9 Å². The molecule has 0 bridgehead atoms. The van der Waals surface area contributed by atoms with E-state index in [4.69, 9.17) is 4.74 Å². The first-order valence-electron chi connectivity index (χ1n) is 8.99. The largest absolute Gasteiger partial charge is 0.416 e. The predicted molar refractivity (Wildman–Crippen MR) is 101 cm³/mol. The summed E-state index contributed by atoms with van der Waals surface area (Å²) in [6.45, 7) is 1.61. The number of hydrogen-bond acceptors (Lipinski definition) is 5. The Kier molecular flexibility index (Phi) is 5.18. The second-order valence-corrected chi connectivity index (χ2v) is 7.64. The predicted octanol–water partition coefficient (Wildman–Crippen LogP) is 3.38. The van der Waals surface area contributed by atoms with Gasteiger partial charge in [-0.3, -0.25) is 14.5 Å². The normalized spacial score (nSPS) is 18.2. The fourth-order valence-electron chi connectivity index (χ4n) is 3.46. The lowest BCUT2D eigenvalue weighted by Crippen LogP contribution is -2.40. The van der Waals surface area contributed by atoms with E-state index >= 15 is 0 Å². The molecule has 0 atom stereocenters. The van der Waals surface area contributed by atoms with Crippen LogP contribution in [0.2, 0.25) is 0 Å². The number of nitrogens with zero attached hydrogens (tertiary/aromatic N) is 2. The Morgan fingerprint density at radius 1 is 1.03 bits per heavy atom. The molecule has 0 saturated carbocycles. The fourth-order valence-corrected chi connectivity index (χ4v) is 4.22. The van der Waals surface area contributed by atoms with E-state index in [9.17, 15) is 22.8 Å². The smallest absolute Gasteiger partial charge is 0.378 e. The zero-order valence-corrected chi connectivity index (χ0v) is 16.1. The van der Waals surface area contributed by atoms with Crippen molar-refractivity contribution >= 4 is 28.7 Å². The number of amides is 2. The summed E-state index contributed by atoms with van der Waals surface area (Å²) in [6, 6.07) is 8.24. The van der Waals surface area contributed by atoms with Gasteiger partial charge in [-0.15, -0.1) is 11.3 Å². The van der Waals surface area contributed by atoms with Crippen molar-refractivity contribution in [1.29, 1.82) is 0 Å². The minimum atomic E-state index is -4.49. The SMILES string of the molecule is O=C1C(c2cccs2)=C(N2CCOCC2)C(=O)N1Cc1cccc(C(F)(F)F)c1. The molecule has 3 heterocycles. The number of halogens is 3. The number of benzene rings is 1. The molecule has 152 valence electrons. The molecule has 9 heteroatoms. The van der Waals surface area contributed by atoms with Crippen LogP contribution in [-0.2, 0) is 27.0 Å². The Hall–Kier alpha value is -2.65. The maximum Gasteiger partial charge on any atom is 0.416 e. The highest BCUT2D eigenvalue weighted by Crippen LogP contribution is 2.35. The Labute approximate surface area is 169 Å². The molecule has 1 aromatic carbocycles. The van der Waals surface area contributed by atoms with Gasteiger partial charge < -0.3 is 9.64 Å². The number of alkyl halides is 3. The molecular formula is C20H17F3N2O3S. The number of hydrogen-bond donors (Lipinski definition) is 0. The summed E-state index contributed by atoms with van der Waals surface area (Å²) in [5.74, 6) is -0.978. The van der Waals surface area contributed by atoms with Crippen molar-refractivity contribution in [2.75, 3.05) is 26.3 Å². The second-order valence-electron chi connectivity index (χ2n) is 6.69. The maximum atomic E-state index is 13.2. The molecule has 1 aromatic heterocycles. The lowest BCUT2D eigenvalue weighted by atomic mass is 10.1. The van der Waals surface area contributed by atoms with Gasteiger partial charge in [-0.2, -0.15) is 13.2 Å². The number of carbonyl (C=O) groups excluding carboxylic acids is 2. The lowest BCUT2D eigenvalue weighted by molar-refractivity contribution is -0.138. The summed E-state index contributed by atoms with van der Waals surface area (Å²) >= 11 is 1.34. The number of rotatable bonds is 4. The number of morpholine rings is 1. The van der Waals surface area contributed by atoms with Gasteiger partial charge in [0.1, 0.15) is 5.70 Å². The summed E-state index contributed by atoms with van der Waals surface area (Å²) in [7, 11) is 0. The van der Waals surface area contributed by atoms with Gasteiger partial charge in [0.05, 0.1) is 30.9 Å². The Bertz CT molecular complexity index is 964. The van der Waals surface area contributed by atoms with Crippen LogP contribution in [-0.4, -0.2) is 47.9 Å². The summed E-state index contributed by atoms with van der Waals surface area (Å²) in [4.78, 5) is 29.8. The van der Waals surface area contributed by atoms with Crippen LogP contribution in [0.5, 0.6) is 0 Å². The van der Waals surface area contributed by atoms with E-state index in [1.807, 2.05) is 10.3 Å². The van der Waals surface area contributed by atoms with Crippen LogP contribution in [0, 0.1) is 0 Å². The van der Waals surface area contributed by atoms with Crippen molar-refractivity contribution in [3.8, 4) is 0 Å². The molecule has 0 aliphatic carbocycles. The monoisotopic (exact) mass is 422 g/mol. The van der Waals surface area contributed by atoms with Crippen LogP contribution in [0.3, 0.4) is 0 Å². The third-order valence-electron chi connectivity index (χ3n) is 4.83. The van der Waals surface area contributed by atoms with Crippen molar-refractivity contribution in [2.24, 2.45) is 0 Å². The maximum absolute atomic E-state index is 13.2. The summed E-state index contributed by atoms with van der Waals surface area (Å²) in [6.07, 6.45) is -4.49. The van der Waals surface area contributed by atoms with Crippen LogP contribution in [0.1, 0.15) is 16.0 Å². The fraction of sp³-hybridized carbons (Fsp3) is 0.300. The van der Waals surface area contributed by atoms with Gasteiger partial charge in [0, 0.05) is 18.0 Å². The number of ether oxygens (including phenoxy) is 1. The number of carbonyl (C=O) groups is 2. The Balaban J connectivity index is 1.67. The van der Waals surface area contributed by atoms with Gasteiger partial charge >= 0.3 is 6.18 Å². The molecule has 0 unspecified atom stereocenters. The molecule has 0 spiro atoms. The van der Waals surface area contributed by atoms with Crippen molar-refractivity contribution < 1.29 is 27.5 Å². The molecule has 2 aromatic rings. The molecule has 0 N–H and O–H groups in total. The van der Waals surface area contributed by atoms with E-state index in [0.29, 0.717) is 42.5 Å². The molecule has 0 radical (unpaired) electrons. The molecule has 2 amide bonds. The highest BCUT2D eigenvalue weighted by molar-refractivity contribution is 7.11. The Morgan fingerprint density at radius 2 is 1.79 bits per heavy atom. The van der Waals surface area contributed by atoms with Gasteiger partial charge in [0.15, 0.2) is 0 Å². The molecule has 2 aliphatic heterocycles. The standard InChI is InChI=1S/C20H17F3N2O3S/c21-20(22,23)14-4-1-3-13(11-14)12-25-18(26)16(15-5-2-10-29-15)17(19(25)27)24-6-8-28-9-7-24/h1-5,10-11H,6-9,12H2. The highest BCUT2D eigenvalue weighted by Gasteiger charge is 2.42. The summed E-state index contributed by atoms with van der Waals surface area (Å²) in [5.41, 5.74) is 0.0378. The number of imide groups is 1. The molecule has 2 aliphatic rings. The lowest BCUT2D eigenvalue weighted by Gasteiger charge is -2.29. The zero-order valence-electron chi connectivity index (χ0n) is 15.2. The molecule has 4 rings (SSSR count). The van der Waals surface area contributed by atoms with E-state index in [0.717, 1.165) is 17.0 Å². The van der Waals surface area contributed by atoms with Crippen molar-refractivity contribution in [1.82, 2.24) is 9.80 Å². The van der Waals surface area contributed by atoms with Gasteiger partial charge in [-0.05, 0) is 29.1 Å². The molecular weight excluding hydrogens is 405 g/mol. The van der Waals surface area contributed by atoms with Gasteiger partial charge in [-0.1, -0.05) is 18.2 Å². The van der Waals surface area contributed by atoms with Crippen LogP contribution in [0.4, 0.5) is 13.2 Å².